The standard InChI is InChI=1S/C20H23Cl2N/c1-3-5-6-14(4-2)13-23-19-11-15(21)7-9-17(19)18-10-8-16(22)12-20(18)23/h7-12,14H,3-6,13H2,1-2H3. The number of nitrogens with zero attached hydrogens (tertiary/aromatic N) is 1. The van der Waals surface area contributed by atoms with Crippen LogP contribution in [-0.2, 0) is 6.54 Å². The van der Waals surface area contributed by atoms with E-state index in [1.54, 1.807) is 0 Å². The molecule has 3 heteroatoms. The summed E-state index contributed by atoms with van der Waals surface area (Å²) in [6, 6.07) is 12.3. The van der Waals surface area contributed by atoms with Crippen LogP contribution < -0.4 is 0 Å². The Morgan fingerprint density at radius 3 is 1.96 bits per heavy atom. The van der Waals surface area contributed by atoms with Crippen molar-refractivity contribution in [2.45, 2.75) is 46.1 Å². The quantitative estimate of drug-likeness (QED) is 0.440. The fourth-order valence-corrected chi connectivity index (χ4v) is 3.75. The Balaban J connectivity index is 2.14. The molecule has 0 saturated heterocycles. The first-order valence-electron chi connectivity index (χ1n) is 8.51. The van der Waals surface area contributed by atoms with Gasteiger partial charge in [0.05, 0.1) is 11.0 Å². The maximum Gasteiger partial charge on any atom is 0.0506 e. The highest BCUT2D eigenvalue weighted by Crippen LogP contribution is 2.33. The summed E-state index contributed by atoms with van der Waals surface area (Å²) < 4.78 is 2.41. The highest BCUT2D eigenvalue weighted by atomic mass is 35.5. The number of fused-ring (bicyclic) bond motifs is 3. The van der Waals surface area contributed by atoms with Gasteiger partial charge in [-0.05, 0) is 36.6 Å². The molecule has 1 heterocycles. The fourth-order valence-electron chi connectivity index (χ4n) is 3.41. The molecule has 1 nitrogen and oxygen atoms in total. The summed E-state index contributed by atoms with van der Waals surface area (Å²) in [5, 5.41) is 4.08. The zero-order valence-electron chi connectivity index (χ0n) is 13.8. The first kappa shape index (κ1) is 16.7. The smallest absolute Gasteiger partial charge is 0.0506 e. The third-order valence-corrected chi connectivity index (χ3v) is 5.25. The van der Waals surface area contributed by atoms with Crippen molar-refractivity contribution in [3.63, 3.8) is 0 Å². The average Bonchev–Trinajstić information content (AvgIpc) is 2.83. The average molecular weight is 348 g/mol. The van der Waals surface area contributed by atoms with Crippen molar-refractivity contribution in [1.82, 2.24) is 4.57 Å². The van der Waals surface area contributed by atoms with Crippen molar-refractivity contribution in [3.8, 4) is 0 Å². The molecule has 1 aromatic heterocycles. The summed E-state index contributed by atoms with van der Waals surface area (Å²) in [7, 11) is 0. The molecule has 0 radical (unpaired) electrons. The molecule has 3 rings (SSSR count). The van der Waals surface area contributed by atoms with Gasteiger partial charge in [0.2, 0.25) is 0 Å². The van der Waals surface area contributed by atoms with Crippen LogP contribution in [0.5, 0.6) is 0 Å². The van der Waals surface area contributed by atoms with Gasteiger partial charge >= 0.3 is 0 Å². The largest absolute Gasteiger partial charge is 0.340 e. The molecule has 0 amide bonds. The minimum Gasteiger partial charge on any atom is -0.340 e. The van der Waals surface area contributed by atoms with Crippen LogP contribution in [0.15, 0.2) is 36.4 Å². The summed E-state index contributed by atoms with van der Waals surface area (Å²) in [5.41, 5.74) is 2.43. The molecule has 0 saturated carbocycles. The SMILES string of the molecule is CCCCC(CC)Cn1c2cc(Cl)ccc2c2ccc(Cl)cc21. The summed E-state index contributed by atoms with van der Waals surface area (Å²) >= 11 is 12.5. The number of hydrogen-bond donors (Lipinski definition) is 0. The Labute approximate surface area is 148 Å². The summed E-state index contributed by atoms with van der Waals surface area (Å²) in [4.78, 5) is 0. The third-order valence-electron chi connectivity index (χ3n) is 4.78. The lowest BCUT2D eigenvalue weighted by Gasteiger charge is -2.17. The van der Waals surface area contributed by atoms with E-state index in [-0.39, 0.29) is 0 Å². The van der Waals surface area contributed by atoms with Gasteiger partial charge in [-0.1, -0.05) is 68.4 Å². The molecule has 23 heavy (non-hydrogen) atoms. The minimum absolute atomic E-state index is 0.687. The lowest BCUT2D eigenvalue weighted by molar-refractivity contribution is 0.401. The number of unbranched alkanes of at least 4 members (excludes halogenated alkanes) is 1. The molecule has 0 aliphatic rings. The van der Waals surface area contributed by atoms with Crippen LogP contribution in [0.1, 0.15) is 39.5 Å². The molecule has 0 N–H and O–H groups in total. The van der Waals surface area contributed by atoms with Crippen LogP contribution in [0.25, 0.3) is 21.8 Å². The van der Waals surface area contributed by atoms with E-state index in [0.717, 1.165) is 16.6 Å². The topological polar surface area (TPSA) is 4.93 Å². The maximum absolute atomic E-state index is 6.26. The Bertz CT molecular complexity index is 760. The highest BCUT2D eigenvalue weighted by molar-refractivity contribution is 6.32. The van der Waals surface area contributed by atoms with Crippen LogP contribution in [0.2, 0.25) is 10.0 Å². The van der Waals surface area contributed by atoms with Gasteiger partial charge in [0.25, 0.3) is 0 Å². The summed E-state index contributed by atoms with van der Waals surface area (Å²) in [6.45, 7) is 5.57. The molecule has 0 aliphatic heterocycles. The molecule has 2 aromatic carbocycles. The van der Waals surface area contributed by atoms with Crippen molar-refractivity contribution in [1.29, 1.82) is 0 Å². The van der Waals surface area contributed by atoms with E-state index in [4.69, 9.17) is 23.2 Å². The van der Waals surface area contributed by atoms with Crippen LogP contribution in [0.4, 0.5) is 0 Å². The van der Waals surface area contributed by atoms with Gasteiger partial charge in [0.15, 0.2) is 0 Å². The second-order valence-electron chi connectivity index (χ2n) is 6.35. The molecular weight excluding hydrogens is 325 g/mol. The molecular formula is C20H23Cl2N. The van der Waals surface area contributed by atoms with E-state index >= 15 is 0 Å². The van der Waals surface area contributed by atoms with E-state index in [1.165, 1.54) is 47.5 Å². The minimum atomic E-state index is 0.687. The van der Waals surface area contributed by atoms with Crippen LogP contribution in [0, 0.1) is 5.92 Å². The molecule has 0 aliphatic carbocycles. The first-order chi connectivity index (χ1) is 11.1. The Hall–Kier alpha value is -1.18. The summed E-state index contributed by atoms with van der Waals surface area (Å²) in [6.07, 6.45) is 5.01. The van der Waals surface area contributed by atoms with Gasteiger partial charge in [0, 0.05) is 27.4 Å². The zero-order valence-corrected chi connectivity index (χ0v) is 15.3. The molecule has 0 spiro atoms. The van der Waals surface area contributed by atoms with Gasteiger partial charge < -0.3 is 4.57 Å². The second-order valence-corrected chi connectivity index (χ2v) is 7.22. The monoisotopic (exact) mass is 347 g/mol. The van der Waals surface area contributed by atoms with E-state index in [1.807, 2.05) is 12.1 Å². The van der Waals surface area contributed by atoms with Crippen molar-refractivity contribution < 1.29 is 0 Å². The molecule has 0 bridgehead atoms. The summed E-state index contributed by atoms with van der Waals surface area (Å²) in [5.74, 6) is 0.687. The highest BCUT2D eigenvalue weighted by Gasteiger charge is 2.15. The van der Waals surface area contributed by atoms with Crippen molar-refractivity contribution in [2.24, 2.45) is 5.92 Å². The van der Waals surface area contributed by atoms with Crippen LogP contribution in [0.3, 0.4) is 0 Å². The molecule has 3 aromatic rings. The normalized spacial score (nSPS) is 13.0. The van der Waals surface area contributed by atoms with Gasteiger partial charge in [-0.25, -0.2) is 0 Å². The Morgan fingerprint density at radius 2 is 1.48 bits per heavy atom. The fraction of sp³-hybridized carbons (Fsp3) is 0.400. The van der Waals surface area contributed by atoms with E-state index < -0.39 is 0 Å². The maximum atomic E-state index is 6.26. The van der Waals surface area contributed by atoms with Crippen molar-refractivity contribution in [3.05, 3.63) is 46.4 Å². The predicted octanol–water partition coefficient (Wildman–Crippen LogP) is 7.32. The van der Waals surface area contributed by atoms with Gasteiger partial charge in [0.1, 0.15) is 0 Å². The van der Waals surface area contributed by atoms with Gasteiger partial charge in [-0.3, -0.25) is 0 Å². The van der Waals surface area contributed by atoms with Crippen LogP contribution in [-0.4, -0.2) is 4.57 Å². The molecule has 122 valence electrons. The van der Waals surface area contributed by atoms with Crippen molar-refractivity contribution in [2.75, 3.05) is 0 Å². The second kappa shape index (κ2) is 7.15. The zero-order chi connectivity index (χ0) is 16.4. The van der Waals surface area contributed by atoms with Crippen LogP contribution >= 0.6 is 23.2 Å². The number of halogens is 2. The first-order valence-corrected chi connectivity index (χ1v) is 9.26. The van der Waals surface area contributed by atoms with Gasteiger partial charge in [-0.15, -0.1) is 0 Å². The number of aromatic nitrogens is 1. The van der Waals surface area contributed by atoms with E-state index in [0.29, 0.717) is 5.92 Å². The predicted molar refractivity (Wildman–Crippen MR) is 103 cm³/mol. The van der Waals surface area contributed by atoms with Crippen molar-refractivity contribution >= 4 is 45.0 Å². The lowest BCUT2D eigenvalue weighted by Crippen LogP contribution is -2.10. The number of hydrogen-bond acceptors (Lipinski definition) is 0. The van der Waals surface area contributed by atoms with Gasteiger partial charge in [-0.2, -0.15) is 0 Å². The number of rotatable bonds is 6. The Kier molecular flexibility index (Phi) is 5.18. The van der Waals surface area contributed by atoms with E-state index in [9.17, 15) is 0 Å². The molecule has 1 unspecified atom stereocenters. The van der Waals surface area contributed by atoms with E-state index in [2.05, 4.69) is 42.7 Å². The number of benzene rings is 2. The third kappa shape index (κ3) is 3.36. The molecule has 0 fully saturated rings. The molecule has 1 atom stereocenters. The Morgan fingerprint density at radius 1 is 0.913 bits per heavy atom. The lowest BCUT2D eigenvalue weighted by atomic mass is 9.99.